The van der Waals surface area contributed by atoms with Crippen molar-refractivity contribution in [2.45, 2.75) is 31.7 Å². The number of anilines is 3. The first kappa shape index (κ1) is 21.0. The van der Waals surface area contributed by atoms with Crippen molar-refractivity contribution >= 4 is 39.1 Å². The Kier molecular flexibility index (Phi) is 5.86. The van der Waals surface area contributed by atoms with Crippen LogP contribution < -0.4 is 19.4 Å². The molecule has 0 radical (unpaired) electrons. The van der Waals surface area contributed by atoms with Crippen LogP contribution in [0.3, 0.4) is 0 Å². The van der Waals surface area contributed by atoms with Gasteiger partial charge in [-0.2, -0.15) is 0 Å². The van der Waals surface area contributed by atoms with E-state index in [0.29, 0.717) is 31.2 Å². The number of nitrogens with zero attached hydrogens (tertiary/aromatic N) is 6. The van der Waals surface area contributed by atoms with Crippen LogP contribution in [0.1, 0.15) is 25.7 Å². The summed E-state index contributed by atoms with van der Waals surface area (Å²) in [6.45, 7) is 4.42. The van der Waals surface area contributed by atoms with E-state index < -0.39 is 0 Å². The number of benzene rings is 1. The summed E-state index contributed by atoms with van der Waals surface area (Å²) in [5.74, 6) is 1.13. The fourth-order valence-corrected chi connectivity index (χ4v) is 5.77. The van der Waals surface area contributed by atoms with Gasteiger partial charge < -0.3 is 19.4 Å². The Morgan fingerprint density at radius 1 is 1.03 bits per heavy atom. The van der Waals surface area contributed by atoms with Crippen LogP contribution in [0.15, 0.2) is 24.3 Å². The Hall–Kier alpha value is -2.88. The third kappa shape index (κ3) is 3.87. The molecule has 0 unspecified atom stereocenters. The van der Waals surface area contributed by atoms with E-state index in [1.54, 1.807) is 12.0 Å². The fourth-order valence-electron chi connectivity index (χ4n) is 4.81. The first-order valence-corrected chi connectivity index (χ1v) is 12.0. The van der Waals surface area contributed by atoms with Gasteiger partial charge in [-0.1, -0.05) is 23.5 Å². The highest BCUT2D eigenvalue weighted by molar-refractivity contribution is 7.19. The standard InChI is InChI=1S/C22H28N6O3S/c1-31-18-8-3-2-6-16(18)25-12-14-26(15-13-25)20(30)17-7-4-10-27(17)21-23-24-22(32-21)28-11-5-9-19(28)29/h2-3,6,8,17H,4-5,7,9-15H2,1H3/t17-/m1/s1. The summed E-state index contributed by atoms with van der Waals surface area (Å²) in [5, 5.41) is 9.96. The lowest BCUT2D eigenvalue weighted by Gasteiger charge is -2.38. The first-order valence-electron chi connectivity index (χ1n) is 11.2. The normalized spacial score (nSPS) is 21.5. The van der Waals surface area contributed by atoms with Crippen molar-refractivity contribution in [2.75, 3.05) is 61.1 Å². The molecule has 10 heteroatoms. The quantitative estimate of drug-likeness (QED) is 0.681. The van der Waals surface area contributed by atoms with Crippen LogP contribution in [-0.4, -0.2) is 79.3 Å². The van der Waals surface area contributed by atoms with Gasteiger partial charge in [0.25, 0.3) is 0 Å². The van der Waals surface area contributed by atoms with E-state index in [4.69, 9.17) is 4.74 Å². The Balaban J connectivity index is 1.24. The second-order valence-electron chi connectivity index (χ2n) is 8.35. The molecule has 1 atom stereocenters. The number of hydrogen-bond acceptors (Lipinski definition) is 8. The highest BCUT2D eigenvalue weighted by atomic mass is 32.1. The number of para-hydroxylation sites is 2. The molecule has 3 fully saturated rings. The van der Waals surface area contributed by atoms with E-state index in [1.165, 1.54) is 11.3 Å². The predicted octanol–water partition coefficient (Wildman–Crippen LogP) is 1.99. The molecule has 32 heavy (non-hydrogen) atoms. The summed E-state index contributed by atoms with van der Waals surface area (Å²) < 4.78 is 5.50. The summed E-state index contributed by atoms with van der Waals surface area (Å²) in [6, 6.07) is 7.80. The molecule has 3 aliphatic heterocycles. The average molecular weight is 457 g/mol. The lowest BCUT2D eigenvalue weighted by Crippen LogP contribution is -2.54. The van der Waals surface area contributed by atoms with E-state index in [-0.39, 0.29) is 17.9 Å². The van der Waals surface area contributed by atoms with Gasteiger partial charge in [0.05, 0.1) is 12.8 Å². The molecule has 3 saturated heterocycles. The fraction of sp³-hybridized carbons (Fsp3) is 0.545. The molecule has 9 nitrogen and oxygen atoms in total. The second kappa shape index (κ2) is 8.93. The number of methoxy groups -OCH3 is 1. The van der Waals surface area contributed by atoms with Crippen molar-refractivity contribution in [2.24, 2.45) is 0 Å². The molecule has 3 aliphatic rings. The van der Waals surface area contributed by atoms with Gasteiger partial charge in [0, 0.05) is 45.7 Å². The second-order valence-corrected chi connectivity index (χ2v) is 9.29. The number of carbonyl (C=O) groups is 2. The molecule has 0 bridgehead atoms. The smallest absolute Gasteiger partial charge is 0.245 e. The number of carbonyl (C=O) groups excluding carboxylic acids is 2. The Labute approximate surface area is 191 Å². The topological polar surface area (TPSA) is 82.1 Å². The number of amides is 2. The van der Waals surface area contributed by atoms with Gasteiger partial charge in [0.2, 0.25) is 22.1 Å². The lowest BCUT2D eigenvalue weighted by atomic mass is 10.1. The number of ether oxygens (including phenoxy) is 1. The van der Waals surface area contributed by atoms with Crippen LogP contribution >= 0.6 is 11.3 Å². The van der Waals surface area contributed by atoms with Crippen molar-refractivity contribution in [3.8, 4) is 5.75 Å². The zero-order chi connectivity index (χ0) is 22.1. The molecule has 2 aromatic rings. The summed E-state index contributed by atoms with van der Waals surface area (Å²) in [7, 11) is 1.69. The zero-order valence-corrected chi connectivity index (χ0v) is 19.1. The van der Waals surface area contributed by atoms with Crippen LogP contribution in [0.5, 0.6) is 5.75 Å². The van der Waals surface area contributed by atoms with E-state index in [9.17, 15) is 9.59 Å². The van der Waals surface area contributed by atoms with Crippen LogP contribution in [0.25, 0.3) is 0 Å². The highest BCUT2D eigenvalue weighted by Crippen LogP contribution is 2.34. The van der Waals surface area contributed by atoms with Crippen molar-refractivity contribution in [1.82, 2.24) is 15.1 Å². The highest BCUT2D eigenvalue weighted by Gasteiger charge is 2.37. The molecule has 0 aliphatic carbocycles. The molecular weight excluding hydrogens is 428 g/mol. The summed E-state index contributed by atoms with van der Waals surface area (Å²) in [4.78, 5) is 33.5. The summed E-state index contributed by atoms with van der Waals surface area (Å²) >= 11 is 1.42. The molecule has 0 N–H and O–H groups in total. The van der Waals surface area contributed by atoms with Crippen LogP contribution in [0.4, 0.5) is 16.0 Å². The minimum atomic E-state index is -0.206. The Morgan fingerprint density at radius 3 is 2.56 bits per heavy atom. The van der Waals surface area contributed by atoms with Crippen molar-refractivity contribution < 1.29 is 14.3 Å². The van der Waals surface area contributed by atoms with E-state index in [1.807, 2.05) is 23.1 Å². The van der Waals surface area contributed by atoms with Gasteiger partial charge in [-0.25, -0.2) is 0 Å². The number of piperazine rings is 1. The summed E-state index contributed by atoms with van der Waals surface area (Å²) in [5.41, 5.74) is 1.07. The van der Waals surface area contributed by atoms with Gasteiger partial charge in [0.15, 0.2) is 0 Å². The molecule has 1 aromatic carbocycles. The van der Waals surface area contributed by atoms with Gasteiger partial charge in [0.1, 0.15) is 11.8 Å². The van der Waals surface area contributed by atoms with Gasteiger partial charge in [-0.05, 0) is 31.4 Å². The Bertz CT molecular complexity index is 990. The molecule has 0 spiro atoms. The lowest BCUT2D eigenvalue weighted by molar-refractivity contribution is -0.132. The van der Waals surface area contributed by atoms with Gasteiger partial charge in [-0.3, -0.25) is 14.5 Å². The maximum Gasteiger partial charge on any atom is 0.245 e. The maximum atomic E-state index is 13.4. The Morgan fingerprint density at radius 2 is 1.81 bits per heavy atom. The zero-order valence-electron chi connectivity index (χ0n) is 18.3. The minimum absolute atomic E-state index is 0.106. The first-order chi connectivity index (χ1) is 15.7. The van der Waals surface area contributed by atoms with Crippen LogP contribution in [0, 0.1) is 0 Å². The number of aromatic nitrogens is 2. The van der Waals surface area contributed by atoms with Crippen LogP contribution in [0.2, 0.25) is 0 Å². The summed E-state index contributed by atoms with van der Waals surface area (Å²) in [6.07, 6.45) is 3.21. The number of hydrogen-bond donors (Lipinski definition) is 0. The van der Waals surface area contributed by atoms with Crippen molar-refractivity contribution in [1.29, 1.82) is 0 Å². The average Bonchev–Trinajstić information content (AvgIpc) is 3.59. The van der Waals surface area contributed by atoms with Gasteiger partial charge in [-0.15, -0.1) is 10.2 Å². The molecule has 170 valence electrons. The SMILES string of the molecule is COc1ccccc1N1CCN(C(=O)[C@H]2CCCN2c2nnc(N3CCCC3=O)s2)CC1. The van der Waals surface area contributed by atoms with Crippen molar-refractivity contribution in [3.63, 3.8) is 0 Å². The predicted molar refractivity (Wildman–Crippen MR) is 124 cm³/mol. The third-order valence-corrected chi connectivity index (χ3v) is 7.49. The van der Waals surface area contributed by atoms with Gasteiger partial charge >= 0.3 is 0 Å². The molecular formula is C22H28N6O3S. The molecule has 2 amide bonds. The van der Waals surface area contributed by atoms with Crippen LogP contribution in [-0.2, 0) is 9.59 Å². The van der Waals surface area contributed by atoms with E-state index >= 15 is 0 Å². The molecule has 0 saturated carbocycles. The van der Waals surface area contributed by atoms with E-state index in [2.05, 4.69) is 26.1 Å². The largest absolute Gasteiger partial charge is 0.495 e. The molecule has 5 rings (SSSR count). The van der Waals surface area contributed by atoms with E-state index in [0.717, 1.165) is 55.5 Å². The number of rotatable bonds is 5. The minimum Gasteiger partial charge on any atom is -0.495 e. The maximum absolute atomic E-state index is 13.4. The monoisotopic (exact) mass is 456 g/mol. The molecule has 1 aromatic heterocycles. The third-order valence-electron chi connectivity index (χ3n) is 6.51. The molecule has 4 heterocycles. The van der Waals surface area contributed by atoms with Crippen molar-refractivity contribution in [3.05, 3.63) is 24.3 Å².